The lowest BCUT2D eigenvalue weighted by atomic mass is 10.0. The van der Waals surface area contributed by atoms with Crippen LogP contribution in [-0.4, -0.2) is 31.9 Å². The number of hydrogen-bond acceptors (Lipinski definition) is 6. The van der Waals surface area contributed by atoms with Crippen LogP contribution in [0, 0.1) is 0 Å². The number of amides is 2. The molecule has 3 aromatic carbocycles. The maximum Gasteiger partial charge on any atom is 0.407 e. The molecule has 0 saturated carbocycles. The number of alkyl carbamates (subject to hydrolysis) is 1. The van der Waals surface area contributed by atoms with E-state index in [0.717, 1.165) is 28.2 Å². The zero-order valence-corrected chi connectivity index (χ0v) is 19.8. The summed E-state index contributed by atoms with van der Waals surface area (Å²) in [4.78, 5) is 24.3. The van der Waals surface area contributed by atoms with Gasteiger partial charge in [0.25, 0.3) is 0 Å². The molecule has 0 spiro atoms. The van der Waals surface area contributed by atoms with Gasteiger partial charge < -0.3 is 19.5 Å². The highest BCUT2D eigenvalue weighted by atomic mass is 16.5. The molecule has 0 heterocycles. The molecule has 0 aromatic heterocycles. The fraction of sp³-hybridized carbons (Fsp3) is 0.222. The Hall–Kier alpha value is -4.33. The number of nitrogens with one attached hydrogen (secondary N) is 2. The minimum absolute atomic E-state index is 0.0122. The molecule has 0 fully saturated rings. The first kappa shape index (κ1) is 25.3. The molecule has 0 unspecified atom stereocenters. The van der Waals surface area contributed by atoms with Gasteiger partial charge in [-0.05, 0) is 60.0 Å². The van der Waals surface area contributed by atoms with Crippen molar-refractivity contribution in [3.05, 3.63) is 95.6 Å². The smallest absolute Gasteiger partial charge is 0.407 e. The molecule has 8 nitrogen and oxygen atoms in total. The summed E-state index contributed by atoms with van der Waals surface area (Å²) in [6.07, 6.45) is 0.978. The summed E-state index contributed by atoms with van der Waals surface area (Å²) >= 11 is 0. The van der Waals surface area contributed by atoms with Crippen molar-refractivity contribution in [1.29, 1.82) is 0 Å². The van der Waals surface area contributed by atoms with Gasteiger partial charge in [0, 0.05) is 0 Å². The molecule has 1 atom stereocenters. The molecule has 0 aliphatic carbocycles. The van der Waals surface area contributed by atoms with Crippen LogP contribution in [0.1, 0.15) is 36.1 Å². The Labute approximate surface area is 204 Å². The minimum atomic E-state index is -0.577. The number of benzene rings is 3. The van der Waals surface area contributed by atoms with Gasteiger partial charge in [-0.25, -0.2) is 10.2 Å². The summed E-state index contributed by atoms with van der Waals surface area (Å²) in [6, 6.07) is 23.7. The average Bonchev–Trinajstić information content (AvgIpc) is 2.89. The number of hydrogen-bond donors (Lipinski definition) is 2. The van der Waals surface area contributed by atoms with Crippen molar-refractivity contribution in [2.45, 2.75) is 26.0 Å². The summed E-state index contributed by atoms with van der Waals surface area (Å²) in [5.74, 6) is 1.18. The first-order valence-corrected chi connectivity index (χ1v) is 11.2. The summed E-state index contributed by atoms with van der Waals surface area (Å²) in [5, 5.41) is 6.74. The van der Waals surface area contributed by atoms with Crippen LogP contribution in [0.25, 0.3) is 0 Å². The monoisotopic (exact) mass is 475 g/mol. The molecular weight excluding hydrogens is 446 g/mol. The van der Waals surface area contributed by atoms with Crippen LogP contribution in [0.15, 0.2) is 84.0 Å². The van der Waals surface area contributed by atoms with E-state index >= 15 is 0 Å². The van der Waals surface area contributed by atoms with Crippen molar-refractivity contribution < 1.29 is 23.8 Å². The third-order valence-corrected chi connectivity index (χ3v) is 5.01. The van der Waals surface area contributed by atoms with Crippen LogP contribution in [0.4, 0.5) is 4.79 Å². The Kier molecular flexibility index (Phi) is 9.68. The molecule has 0 saturated heterocycles. The van der Waals surface area contributed by atoms with Gasteiger partial charge in [0.05, 0.1) is 32.4 Å². The number of carbonyl (C=O) groups excluding carboxylic acids is 2. The lowest BCUT2D eigenvalue weighted by Gasteiger charge is -2.18. The van der Waals surface area contributed by atoms with Crippen LogP contribution in [-0.2, 0) is 16.1 Å². The molecule has 0 aliphatic heterocycles. The zero-order chi connectivity index (χ0) is 24.9. The predicted octanol–water partition coefficient (Wildman–Crippen LogP) is 4.60. The van der Waals surface area contributed by atoms with E-state index in [9.17, 15) is 9.59 Å². The third kappa shape index (κ3) is 8.51. The molecular formula is C27H29N3O5. The van der Waals surface area contributed by atoms with Gasteiger partial charge in [0.1, 0.15) is 18.1 Å². The minimum Gasteiger partial charge on any atom is -0.497 e. The molecule has 0 radical (unpaired) electrons. The van der Waals surface area contributed by atoms with Gasteiger partial charge in [0.2, 0.25) is 5.91 Å². The van der Waals surface area contributed by atoms with Gasteiger partial charge in [-0.3, -0.25) is 4.79 Å². The lowest BCUT2D eigenvalue weighted by Crippen LogP contribution is -2.33. The van der Waals surface area contributed by atoms with Gasteiger partial charge in [-0.1, -0.05) is 42.5 Å². The van der Waals surface area contributed by atoms with E-state index in [1.165, 1.54) is 0 Å². The Morgan fingerprint density at radius 2 is 1.63 bits per heavy atom. The van der Waals surface area contributed by atoms with E-state index in [1.807, 2.05) is 78.9 Å². The lowest BCUT2D eigenvalue weighted by molar-refractivity contribution is -0.121. The van der Waals surface area contributed by atoms with Gasteiger partial charge in [-0.2, -0.15) is 5.10 Å². The van der Waals surface area contributed by atoms with Crippen molar-refractivity contribution >= 4 is 18.2 Å². The summed E-state index contributed by atoms with van der Waals surface area (Å²) in [7, 11) is 1.63. The highest BCUT2D eigenvalue weighted by Crippen LogP contribution is 2.17. The highest BCUT2D eigenvalue weighted by Gasteiger charge is 2.18. The SMILES string of the molecule is CCOC(=O)N[C@@H](CC(=O)N/N=C\c1ccc(OCc2ccc(OC)cc2)cc1)c1ccccc1. The van der Waals surface area contributed by atoms with Crippen LogP contribution in [0.2, 0.25) is 0 Å². The van der Waals surface area contributed by atoms with Crippen LogP contribution >= 0.6 is 0 Å². The summed E-state index contributed by atoms with van der Waals surface area (Å²) in [5.41, 5.74) is 5.13. The molecule has 8 heteroatoms. The summed E-state index contributed by atoms with van der Waals surface area (Å²) in [6.45, 7) is 2.41. The van der Waals surface area contributed by atoms with E-state index in [1.54, 1.807) is 20.2 Å². The van der Waals surface area contributed by atoms with Gasteiger partial charge >= 0.3 is 6.09 Å². The quantitative estimate of drug-likeness (QED) is 0.312. The molecule has 2 N–H and O–H groups in total. The van der Waals surface area contributed by atoms with Crippen molar-refractivity contribution in [2.75, 3.05) is 13.7 Å². The number of hydrazone groups is 1. The van der Waals surface area contributed by atoms with Crippen molar-refractivity contribution in [2.24, 2.45) is 5.10 Å². The Balaban J connectivity index is 1.49. The normalized spacial score (nSPS) is 11.5. The van der Waals surface area contributed by atoms with E-state index in [4.69, 9.17) is 14.2 Å². The summed E-state index contributed by atoms with van der Waals surface area (Å²) < 4.78 is 15.9. The predicted molar refractivity (Wildman–Crippen MR) is 133 cm³/mol. The van der Waals surface area contributed by atoms with Gasteiger partial charge in [-0.15, -0.1) is 0 Å². The third-order valence-electron chi connectivity index (χ3n) is 5.01. The molecule has 35 heavy (non-hydrogen) atoms. The van der Waals surface area contributed by atoms with Crippen molar-refractivity contribution in [1.82, 2.24) is 10.7 Å². The molecule has 0 bridgehead atoms. The van der Waals surface area contributed by atoms with E-state index in [2.05, 4.69) is 15.8 Å². The topological polar surface area (TPSA) is 98.2 Å². The van der Waals surface area contributed by atoms with E-state index in [0.29, 0.717) is 6.61 Å². The van der Waals surface area contributed by atoms with E-state index in [-0.39, 0.29) is 18.9 Å². The van der Waals surface area contributed by atoms with Crippen molar-refractivity contribution in [3.63, 3.8) is 0 Å². The maximum absolute atomic E-state index is 12.4. The molecule has 2 amide bonds. The van der Waals surface area contributed by atoms with Crippen LogP contribution < -0.4 is 20.2 Å². The molecule has 182 valence electrons. The standard InChI is InChI=1S/C27H29N3O5/c1-3-34-27(32)29-25(22-7-5-4-6-8-22)17-26(31)30-28-18-20-9-15-24(16-10-20)35-19-21-11-13-23(33-2)14-12-21/h4-16,18,25H,3,17,19H2,1-2H3,(H,29,32)(H,30,31)/b28-18-/t25-/m0/s1. The van der Waals surface area contributed by atoms with Gasteiger partial charge in [0.15, 0.2) is 0 Å². The molecule has 3 rings (SSSR count). The second-order valence-corrected chi connectivity index (χ2v) is 7.53. The molecule has 3 aromatic rings. The first-order chi connectivity index (χ1) is 17.1. The average molecular weight is 476 g/mol. The zero-order valence-electron chi connectivity index (χ0n) is 19.8. The largest absolute Gasteiger partial charge is 0.497 e. The number of nitrogens with zero attached hydrogens (tertiary/aromatic N) is 1. The van der Waals surface area contributed by atoms with Crippen molar-refractivity contribution in [3.8, 4) is 11.5 Å². The second kappa shape index (κ2) is 13.4. The Morgan fingerprint density at radius 1 is 0.943 bits per heavy atom. The Bertz CT molecular complexity index is 1100. The maximum atomic E-state index is 12.4. The second-order valence-electron chi connectivity index (χ2n) is 7.53. The fourth-order valence-electron chi connectivity index (χ4n) is 3.20. The fourth-order valence-corrected chi connectivity index (χ4v) is 3.20. The number of methoxy groups -OCH3 is 1. The van der Waals surface area contributed by atoms with E-state index < -0.39 is 12.1 Å². The van der Waals surface area contributed by atoms with Crippen LogP contribution in [0.3, 0.4) is 0 Å². The Morgan fingerprint density at radius 3 is 2.29 bits per heavy atom. The molecule has 0 aliphatic rings. The van der Waals surface area contributed by atoms with Crippen LogP contribution in [0.5, 0.6) is 11.5 Å². The first-order valence-electron chi connectivity index (χ1n) is 11.2. The highest BCUT2D eigenvalue weighted by molar-refractivity contribution is 5.83. The number of rotatable bonds is 11. The number of ether oxygens (including phenoxy) is 3. The number of carbonyl (C=O) groups is 2.